The number of amides is 1. The van der Waals surface area contributed by atoms with Gasteiger partial charge in [0.05, 0.1) is 19.2 Å². The number of carbonyl (C=O) groups excluding carboxylic acids is 1. The molecule has 0 fully saturated rings. The van der Waals surface area contributed by atoms with Gasteiger partial charge in [0.2, 0.25) is 0 Å². The van der Waals surface area contributed by atoms with Crippen molar-refractivity contribution in [3.05, 3.63) is 65.2 Å². The first kappa shape index (κ1) is 18.9. The summed E-state index contributed by atoms with van der Waals surface area (Å²) >= 11 is 0. The molecule has 8 heteroatoms. The Morgan fingerprint density at radius 3 is 2.26 bits per heavy atom. The molecule has 0 radical (unpaired) electrons. The second kappa shape index (κ2) is 6.70. The molecule has 0 aliphatic carbocycles. The summed E-state index contributed by atoms with van der Waals surface area (Å²) in [6.07, 6.45) is -5.92. The number of carbonyl (C=O) groups is 1. The van der Waals surface area contributed by atoms with Crippen LogP contribution in [0.15, 0.2) is 53.6 Å². The van der Waals surface area contributed by atoms with Gasteiger partial charge in [0, 0.05) is 5.56 Å². The molecular weight excluding hydrogens is 361 g/mol. The number of halogens is 3. The Morgan fingerprint density at radius 2 is 1.74 bits per heavy atom. The van der Waals surface area contributed by atoms with E-state index in [0.717, 1.165) is 5.56 Å². The molecule has 142 valence electrons. The third-order valence-electron chi connectivity index (χ3n) is 4.35. The van der Waals surface area contributed by atoms with Crippen LogP contribution >= 0.6 is 0 Å². The normalized spacial score (nSPS) is 19.8. The molecule has 1 atom stereocenters. The van der Waals surface area contributed by atoms with Gasteiger partial charge in [-0.1, -0.05) is 29.8 Å². The minimum atomic E-state index is -5.08. The smallest absolute Gasteiger partial charge is 0.438 e. The molecular formula is C19H17F3N2O3. The first-order valence-corrected chi connectivity index (χ1v) is 8.08. The summed E-state index contributed by atoms with van der Waals surface area (Å²) < 4.78 is 45.8. The highest BCUT2D eigenvalue weighted by atomic mass is 19.4. The van der Waals surface area contributed by atoms with Gasteiger partial charge in [-0.05, 0) is 36.8 Å². The summed E-state index contributed by atoms with van der Waals surface area (Å²) in [5.41, 5.74) is -2.14. The zero-order chi connectivity index (χ0) is 19.8. The molecule has 1 heterocycles. The van der Waals surface area contributed by atoms with Gasteiger partial charge >= 0.3 is 6.18 Å². The third kappa shape index (κ3) is 3.40. The molecule has 0 aromatic heterocycles. The summed E-state index contributed by atoms with van der Waals surface area (Å²) in [5, 5.41) is 14.3. The molecule has 2 aromatic rings. The number of hydrogen-bond donors (Lipinski definition) is 1. The van der Waals surface area contributed by atoms with Crippen LogP contribution in [0.2, 0.25) is 0 Å². The number of benzene rings is 2. The number of alkyl halides is 3. The topological polar surface area (TPSA) is 62.1 Å². The number of nitrogens with zero attached hydrogens (tertiary/aromatic N) is 2. The lowest BCUT2D eigenvalue weighted by molar-refractivity contribution is -0.297. The predicted octanol–water partition coefficient (Wildman–Crippen LogP) is 3.50. The summed E-state index contributed by atoms with van der Waals surface area (Å²) in [6, 6.07) is 12.2. The summed E-state index contributed by atoms with van der Waals surface area (Å²) in [6.45, 7) is 1.84. The third-order valence-corrected chi connectivity index (χ3v) is 4.35. The molecule has 0 spiro atoms. The molecule has 27 heavy (non-hydrogen) atoms. The van der Waals surface area contributed by atoms with Gasteiger partial charge in [0.15, 0.2) is 0 Å². The van der Waals surface area contributed by atoms with E-state index in [1.54, 1.807) is 24.3 Å². The molecule has 3 rings (SSSR count). The Hall–Kier alpha value is -2.87. The van der Waals surface area contributed by atoms with E-state index in [1.807, 2.05) is 6.92 Å². The van der Waals surface area contributed by atoms with Crippen molar-refractivity contribution in [1.82, 2.24) is 5.01 Å². The number of ether oxygens (including phenoxy) is 1. The fourth-order valence-electron chi connectivity index (χ4n) is 2.74. The zero-order valence-electron chi connectivity index (χ0n) is 14.6. The Balaban J connectivity index is 2.01. The van der Waals surface area contributed by atoms with Gasteiger partial charge in [-0.15, -0.1) is 0 Å². The van der Waals surface area contributed by atoms with Crippen LogP contribution in [0.3, 0.4) is 0 Å². The number of methoxy groups -OCH3 is 1. The summed E-state index contributed by atoms with van der Waals surface area (Å²) in [7, 11) is 1.43. The highest BCUT2D eigenvalue weighted by Gasteiger charge is 2.63. The van der Waals surface area contributed by atoms with E-state index >= 15 is 0 Å². The molecule has 5 nitrogen and oxygen atoms in total. The Morgan fingerprint density at radius 1 is 1.15 bits per heavy atom. The van der Waals surface area contributed by atoms with E-state index in [0.29, 0.717) is 11.3 Å². The fourth-order valence-corrected chi connectivity index (χ4v) is 2.74. The summed E-state index contributed by atoms with van der Waals surface area (Å²) in [5.74, 6) is -0.609. The summed E-state index contributed by atoms with van der Waals surface area (Å²) in [4.78, 5) is 12.7. The average Bonchev–Trinajstić information content (AvgIpc) is 3.00. The van der Waals surface area contributed by atoms with Crippen LogP contribution in [-0.2, 0) is 0 Å². The van der Waals surface area contributed by atoms with Crippen molar-refractivity contribution in [2.75, 3.05) is 7.11 Å². The van der Waals surface area contributed by atoms with E-state index in [2.05, 4.69) is 5.10 Å². The van der Waals surface area contributed by atoms with Crippen LogP contribution in [0, 0.1) is 6.92 Å². The van der Waals surface area contributed by atoms with Crippen molar-refractivity contribution in [3.8, 4) is 5.75 Å². The predicted molar refractivity (Wildman–Crippen MR) is 92.5 cm³/mol. The quantitative estimate of drug-likeness (QED) is 0.889. The minimum Gasteiger partial charge on any atom is -0.497 e. The lowest BCUT2D eigenvalue weighted by Crippen LogP contribution is -2.56. The Bertz CT molecular complexity index is 877. The van der Waals surface area contributed by atoms with Crippen molar-refractivity contribution >= 4 is 11.6 Å². The van der Waals surface area contributed by atoms with E-state index in [1.165, 1.54) is 31.4 Å². The minimum absolute atomic E-state index is 0.0170. The van der Waals surface area contributed by atoms with Crippen LogP contribution in [0.25, 0.3) is 0 Å². The number of aliphatic hydroxyl groups is 1. The van der Waals surface area contributed by atoms with Crippen molar-refractivity contribution in [2.45, 2.75) is 25.2 Å². The SMILES string of the molecule is COc1ccc(C(=O)N2N=C(c3ccc(C)cc3)CC2(O)C(F)(F)F)cc1. The first-order valence-electron chi connectivity index (χ1n) is 8.08. The molecule has 0 saturated heterocycles. The van der Waals surface area contributed by atoms with E-state index in [4.69, 9.17) is 4.74 Å². The average molecular weight is 378 g/mol. The zero-order valence-corrected chi connectivity index (χ0v) is 14.6. The number of aryl methyl sites for hydroxylation is 1. The van der Waals surface area contributed by atoms with Gasteiger partial charge in [0.1, 0.15) is 5.75 Å². The molecule has 1 amide bonds. The van der Waals surface area contributed by atoms with Crippen molar-refractivity contribution in [1.29, 1.82) is 0 Å². The number of hydrogen-bond acceptors (Lipinski definition) is 4. The standard InChI is InChI=1S/C19H17F3N2O3/c1-12-3-5-13(6-4-12)16-11-18(26,19(20,21)22)24(23-16)17(25)14-7-9-15(27-2)10-8-14/h3-10,26H,11H2,1-2H3. The maximum absolute atomic E-state index is 13.6. The van der Waals surface area contributed by atoms with Crippen LogP contribution in [0.4, 0.5) is 13.2 Å². The van der Waals surface area contributed by atoms with Gasteiger partial charge in [-0.25, -0.2) is 0 Å². The molecule has 1 aliphatic rings. The van der Waals surface area contributed by atoms with Gasteiger partial charge in [0.25, 0.3) is 11.6 Å². The maximum atomic E-state index is 13.6. The van der Waals surface area contributed by atoms with Crippen molar-refractivity contribution in [2.24, 2.45) is 5.10 Å². The highest BCUT2D eigenvalue weighted by Crippen LogP contribution is 2.42. The van der Waals surface area contributed by atoms with Gasteiger partial charge in [-0.2, -0.15) is 23.3 Å². The lowest BCUT2D eigenvalue weighted by atomic mass is 10.00. The molecule has 0 saturated carbocycles. The van der Waals surface area contributed by atoms with Crippen LogP contribution < -0.4 is 4.74 Å². The molecule has 1 N–H and O–H groups in total. The van der Waals surface area contributed by atoms with Gasteiger partial charge in [-0.3, -0.25) is 4.79 Å². The van der Waals surface area contributed by atoms with E-state index < -0.39 is 24.2 Å². The first-order chi connectivity index (χ1) is 12.7. The lowest BCUT2D eigenvalue weighted by Gasteiger charge is -2.32. The van der Waals surface area contributed by atoms with Gasteiger partial charge < -0.3 is 9.84 Å². The molecule has 0 bridgehead atoms. The monoisotopic (exact) mass is 378 g/mol. The second-order valence-electron chi connectivity index (χ2n) is 6.25. The maximum Gasteiger partial charge on any atom is 0.438 e. The molecule has 2 aromatic carbocycles. The Kier molecular flexibility index (Phi) is 4.69. The second-order valence-corrected chi connectivity index (χ2v) is 6.25. The van der Waals surface area contributed by atoms with E-state index in [9.17, 15) is 23.1 Å². The largest absolute Gasteiger partial charge is 0.497 e. The molecule has 1 aliphatic heterocycles. The molecule has 1 unspecified atom stereocenters. The van der Waals surface area contributed by atoms with Crippen LogP contribution in [0.1, 0.15) is 27.9 Å². The number of hydrazone groups is 1. The number of rotatable bonds is 3. The van der Waals surface area contributed by atoms with Crippen molar-refractivity contribution < 1.29 is 27.8 Å². The Labute approximate surface area is 153 Å². The van der Waals surface area contributed by atoms with Crippen LogP contribution in [-0.4, -0.2) is 40.7 Å². The highest BCUT2D eigenvalue weighted by molar-refractivity contribution is 6.05. The fraction of sp³-hybridized carbons (Fsp3) is 0.263. The van der Waals surface area contributed by atoms with E-state index in [-0.39, 0.29) is 16.3 Å². The van der Waals surface area contributed by atoms with Crippen molar-refractivity contribution in [3.63, 3.8) is 0 Å². The van der Waals surface area contributed by atoms with Crippen LogP contribution in [0.5, 0.6) is 5.75 Å².